The fraction of sp³-hybridized carbons (Fsp3) is 0.238. The molecule has 1 saturated heterocycles. The number of nitrogens with zero attached hydrogens (tertiary/aromatic N) is 8. The van der Waals surface area contributed by atoms with Gasteiger partial charge in [-0.15, -0.1) is 5.10 Å². The van der Waals surface area contributed by atoms with Crippen molar-refractivity contribution in [3.63, 3.8) is 0 Å². The van der Waals surface area contributed by atoms with Crippen molar-refractivity contribution in [1.82, 2.24) is 29.3 Å². The highest BCUT2D eigenvalue weighted by Gasteiger charge is 2.30. The Balaban J connectivity index is 1.36. The van der Waals surface area contributed by atoms with E-state index >= 15 is 0 Å². The lowest BCUT2D eigenvalue weighted by atomic mass is 10.2. The topological polar surface area (TPSA) is 140 Å². The van der Waals surface area contributed by atoms with Crippen LogP contribution in [0.15, 0.2) is 59.8 Å². The van der Waals surface area contributed by atoms with Crippen molar-refractivity contribution in [2.24, 2.45) is 0 Å². The Hall–Kier alpha value is -3.97. The summed E-state index contributed by atoms with van der Waals surface area (Å²) in [5.41, 5.74) is 2.90. The quantitative estimate of drug-likeness (QED) is 0.309. The lowest BCUT2D eigenvalue weighted by Gasteiger charge is -2.34. The molecule has 4 aromatic rings. The molecular formula is C21H20N8O4S. The number of benzene rings is 2. The Morgan fingerprint density at radius 3 is 2.26 bits per heavy atom. The molecule has 2 aromatic heterocycles. The lowest BCUT2D eigenvalue weighted by Crippen LogP contribution is -2.49. The smallest absolute Gasteiger partial charge is 0.269 e. The van der Waals surface area contributed by atoms with Crippen LogP contribution in [0.2, 0.25) is 0 Å². The first-order valence-electron chi connectivity index (χ1n) is 10.5. The van der Waals surface area contributed by atoms with E-state index in [1.54, 1.807) is 4.68 Å². The second-order valence-electron chi connectivity index (χ2n) is 7.85. The summed E-state index contributed by atoms with van der Waals surface area (Å²) in [4.78, 5) is 21.0. The average molecular weight is 481 g/mol. The van der Waals surface area contributed by atoms with Crippen LogP contribution in [0.3, 0.4) is 0 Å². The number of rotatable bonds is 5. The van der Waals surface area contributed by atoms with Gasteiger partial charge < -0.3 is 4.90 Å². The Morgan fingerprint density at radius 1 is 0.941 bits per heavy atom. The third kappa shape index (κ3) is 3.84. The van der Waals surface area contributed by atoms with Gasteiger partial charge in [0.1, 0.15) is 6.33 Å². The van der Waals surface area contributed by atoms with Gasteiger partial charge in [-0.2, -0.15) is 8.99 Å². The van der Waals surface area contributed by atoms with Crippen molar-refractivity contribution in [2.75, 3.05) is 31.1 Å². The van der Waals surface area contributed by atoms with Crippen molar-refractivity contribution in [3.05, 3.63) is 70.5 Å². The lowest BCUT2D eigenvalue weighted by molar-refractivity contribution is -0.384. The zero-order chi connectivity index (χ0) is 23.9. The first-order valence-corrected chi connectivity index (χ1v) is 11.9. The summed E-state index contributed by atoms with van der Waals surface area (Å²) in [5, 5.41) is 19.4. The molecule has 0 saturated carbocycles. The molecule has 174 valence electrons. The first-order chi connectivity index (χ1) is 16.3. The van der Waals surface area contributed by atoms with Crippen LogP contribution in [0.4, 0.5) is 11.5 Å². The maximum absolute atomic E-state index is 13.0. The maximum atomic E-state index is 13.0. The van der Waals surface area contributed by atoms with Crippen molar-refractivity contribution < 1.29 is 13.3 Å². The molecule has 34 heavy (non-hydrogen) atoms. The van der Waals surface area contributed by atoms with Crippen LogP contribution in [0.25, 0.3) is 16.9 Å². The monoisotopic (exact) mass is 480 g/mol. The van der Waals surface area contributed by atoms with Crippen LogP contribution in [0.5, 0.6) is 0 Å². The molecule has 12 nitrogen and oxygen atoms in total. The number of aryl methyl sites for hydroxylation is 1. The SMILES string of the molecule is Cc1ccc(-n2nnc3c(N4CCN(S(=O)(=O)c5ccc([N+](=O)[O-])cc5)CC4)ncnc32)cc1. The molecule has 13 heteroatoms. The molecule has 3 heterocycles. The van der Waals surface area contributed by atoms with Gasteiger partial charge in [-0.3, -0.25) is 10.1 Å². The summed E-state index contributed by atoms with van der Waals surface area (Å²) in [7, 11) is -3.77. The van der Waals surface area contributed by atoms with E-state index in [9.17, 15) is 18.5 Å². The Morgan fingerprint density at radius 2 is 1.62 bits per heavy atom. The van der Waals surface area contributed by atoms with Gasteiger partial charge in [0.05, 0.1) is 15.5 Å². The summed E-state index contributed by atoms with van der Waals surface area (Å²) in [5.74, 6) is 0.593. The Bertz CT molecular complexity index is 1460. The summed E-state index contributed by atoms with van der Waals surface area (Å²) >= 11 is 0. The van der Waals surface area contributed by atoms with E-state index < -0.39 is 14.9 Å². The number of nitro groups is 1. The van der Waals surface area contributed by atoms with Crippen molar-refractivity contribution >= 4 is 32.7 Å². The standard InChI is InChI=1S/C21H20N8O4S/c1-15-2-4-16(5-3-15)28-21-19(24-25-28)20(22-14-23-21)26-10-12-27(13-11-26)34(32,33)18-8-6-17(7-9-18)29(30)31/h2-9,14H,10-13H2,1H3. The highest BCUT2D eigenvalue weighted by Crippen LogP contribution is 2.26. The normalized spacial score (nSPS) is 15.0. The minimum absolute atomic E-state index is 0.0250. The number of hydrogen-bond donors (Lipinski definition) is 0. The number of sulfonamides is 1. The average Bonchev–Trinajstić information content (AvgIpc) is 3.29. The minimum atomic E-state index is -3.77. The molecule has 0 atom stereocenters. The fourth-order valence-electron chi connectivity index (χ4n) is 3.86. The minimum Gasteiger partial charge on any atom is -0.352 e. The molecule has 0 unspecified atom stereocenters. The van der Waals surface area contributed by atoms with E-state index in [2.05, 4.69) is 20.3 Å². The third-order valence-electron chi connectivity index (χ3n) is 5.72. The van der Waals surface area contributed by atoms with Gasteiger partial charge in [0.2, 0.25) is 10.0 Å². The van der Waals surface area contributed by atoms with E-state index in [0.717, 1.165) is 11.3 Å². The molecule has 1 aliphatic rings. The summed E-state index contributed by atoms with van der Waals surface area (Å²) in [6, 6.07) is 12.7. The second-order valence-corrected chi connectivity index (χ2v) is 9.79. The molecule has 0 amide bonds. The van der Waals surface area contributed by atoms with Crippen molar-refractivity contribution in [3.8, 4) is 5.69 Å². The predicted molar refractivity (Wildman–Crippen MR) is 123 cm³/mol. The molecule has 5 rings (SSSR count). The highest BCUT2D eigenvalue weighted by molar-refractivity contribution is 7.89. The molecule has 1 fully saturated rings. The number of non-ortho nitro benzene ring substituents is 1. The van der Waals surface area contributed by atoms with E-state index in [-0.39, 0.29) is 23.7 Å². The number of piperazine rings is 1. The second kappa shape index (κ2) is 8.43. The van der Waals surface area contributed by atoms with Gasteiger partial charge in [0.25, 0.3) is 5.69 Å². The van der Waals surface area contributed by atoms with Crippen molar-refractivity contribution in [2.45, 2.75) is 11.8 Å². The molecule has 0 N–H and O–H groups in total. The molecule has 0 radical (unpaired) electrons. The Kier molecular flexibility index (Phi) is 5.42. The van der Waals surface area contributed by atoms with Gasteiger partial charge in [-0.05, 0) is 31.2 Å². The highest BCUT2D eigenvalue weighted by atomic mass is 32.2. The van der Waals surface area contributed by atoms with Gasteiger partial charge in [-0.1, -0.05) is 22.9 Å². The van der Waals surface area contributed by atoms with Crippen LogP contribution >= 0.6 is 0 Å². The van der Waals surface area contributed by atoms with Gasteiger partial charge in [0.15, 0.2) is 17.0 Å². The first kappa shape index (κ1) is 21.9. The van der Waals surface area contributed by atoms with Crippen LogP contribution in [-0.2, 0) is 10.0 Å². The maximum Gasteiger partial charge on any atom is 0.269 e. The number of aromatic nitrogens is 5. The third-order valence-corrected chi connectivity index (χ3v) is 7.63. The molecule has 0 spiro atoms. The fourth-order valence-corrected chi connectivity index (χ4v) is 5.28. The van der Waals surface area contributed by atoms with E-state index in [1.807, 2.05) is 36.1 Å². The van der Waals surface area contributed by atoms with Crippen LogP contribution in [-0.4, -0.2) is 68.8 Å². The summed E-state index contributed by atoms with van der Waals surface area (Å²) in [6.07, 6.45) is 1.45. The Labute approximate surface area is 194 Å². The largest absolute Gasteiger partial charge is 0.352 e. The number of nitro benzene ring substituents is 1. The van der Waals surface area contributed by atoms with Crippen LogP contribution in [0.1, 0.15) is 5.56 Å². The molecule has 0 aliphatic carbocycles. The van der Waals surface area contributed by atoms with Gasteiger partial charge in [-0.25, -0.2) is 18.4 Å². The summed E-state index contributed by atoms with van der Waals surface area (Å²) < 4.78 is 29.0. The number of fused-ring (bicyclic) bond motifs is 1. The van der Waals surface area contributed by atoms with Crippen LogP contribution in [0, 0.1) is 17.0 Å². The van der Waals surface area contributed by atoms with Gasteiger partial charge in [0, 0.05) is 38.3 Å². The zero-order valence-electron chi connectivity index (χ0n) is 18.1. The van der Waals surface area contributed by atoms with E-state index in [1.165, 1.54) is 34.9 Å². The zero-order valence-corrected chi connectivity index (χ0v) is 19.0. The number of anilines is 1. The summed E-state index contributed by atoms with van der Waals surface area (Å²) in [6.45, 7) is 3.27. The molecule has 2 aromatic carbocycles. The number of hydrogen-bond acceptors (Lipinski definition) is 9. The predicted octanol–water partition coefficient (Wildman–Crippen LogP) is 1.94. The molecule has 1 aliphatic heterocycles. The van der Waals surface area contributed by atoms with Gasteiger partial charge >= 0.3 is 0 Å². The van der Waals surface area contributed by atoms with E-state index in [0.29, 0.717) is 30.1 Å². The van der Waals surface area contributed by atoms with Crippen molar-refractivity contribution in [1.29, 1.82) is 0 Å². The molecule has 0 bridgehead atoms. The van der Waals surface area contributed by atoms with E-state index in [4.69, 9.17) is 0 Å². The molecular weight excluding hydrogens is 460 g/mol. The van der Waals surface area contributed by atoms with Crippen LogP contribution < -0.4 is 4.90 Å².